The number of nitro groups is 1. The van der Waals surface area contributed by atoms with Gasteiger partial charge in [-0.2, -0.15) is 5.10 Å². The third-order valence-electron chi connectivity index (χ3n) is 3.40. The summed E-state index contributed by atoms with van der Waals surface area (Å²) in [4.78, 5) is 10.7. The molecule has 0 aliphatic rings. The Labute approximate surface area is 138 Å². The van der Waals surface area contributed by atoms with Gasteiger partial charge in [-0.1, -0.05) is 42.5 Å². The number of hydrogen-bond donors (Lipinski definition) is 1. The molecular weight excluding hydrogens is 306 g/mol. The highest BCUT2D eigenvalue weighted by Crippen LogP contribution is 2.30. The van der Waals surface area contributed by atoms with E-state index in [0.717, 1.165) is 5.56 Å². The topological polar surface area (TPSA) is 80.7 Å². The summed E-state index contributed by atoms with van der Waals surface area (Å²) in [7, 11) is 0. The second-order valence-corrected chi connectivity index (χ2v) is 5.05. The van der Waals surface area contributed by atoms with E-state index in [-0.39, 0.29) is 5.69 Å². The molecule has 1 heterocycles. The Morgan fingerprint density at radius 3 is 2.58 bits per heavy atom. The Balaban J connectivity index is 1.68. The fourth-order valence-electron chi connectivity index (χ4n) is 2.25. The van der Waals surface area contributed by atoms with Crippen LogP contribution in [0.2, 0.25) is 0 Å². The average Bonchev–Trinajstić information content (AvgIpc) is 3.08. The van der Waals surface area contributed by atoms with Crippen molar-refractivity contribution in [2.45, 2.75) is 6.54 Å². The number of hydrogen-bond acceptors (Lipinski definition) is 5. The van der Waals surface area contributed by atoms with Crippen molar-refractivity contribution < 1.29 is 9.34 Å². The first-order valence-electron chi connectivity index (χ1n) is 7.37. The molecule has 6 nitrogen and oxygen atoms in total. The summed E-state index contributed by atoms with van der Waals surface area (Å²) in [5, 5.41) is 15.2. The smallest absolute Gasteiger partial charge is 0.280 e. The van der Waals surface area contributed by atoms with Crippen LogP contribution in [0.25, 0.3) is 11.3 Å². The van der Waals surface area contributed by atoms with Crippen molar-refractivity contribution in [2.75, 3.05) is 0 Å². The van der Waals surface area contributed by atoms with E-state index in [4.69, 9.17) is 4.42 Å². The molecule has 24 heavy (non-hydrogen) atoms. The minimum atomic E-state index is -0.424. The molecule has 0 aliphatic carbocycles. The Kier molecular flexibility index (Phi) is 4.67. The van der Waals surface area contributed by atoms with E-state index in [0.29, 0.717) is 23.6 Å². The zero-order valence-electron chi connectivity index (χ0n) is 12.8. The molecule has 0 radical (unpaired) electrons. The van der Waals surface area contributed by atoms with E-state index >= 15 is 0 Å². The number of nitrogens with zero attached hydrogens (tertiary/aromatic N) is 2. The monoisotopic (exact) mass is 321 g/mol. The van der Waals surface area contributed by atoms with Crippen molar-refractivity contribution in [2.24, 2.45) is 5.10 Å². The number of para-hydroxylation sites is 1. The molecule has 0 bridgehead atoms. The van der Waals surface area contributed by atoms with Crippen molar-refractivity contribution in [3.05, 3.63) is 88.2 Å². The third kappa shape index (κ3) is 3.67. The zero-order chi connectivity index (χ0) is 16.8. The number of nitrogens with one attached hydrogen (secondary N) is 1. The molecule has 0 saturated carbocycles. The van der Waals surface area contributed by atoms with Crippen molar-refractivity contribution in [3.63, 3.8) is 0 Å². The minimum Gasteiger partial charge on any atom is -0.455 e. The SMILES string of the molecule is O=[N+]([O-])c1ccccc1-c1ccc(C=NNCc2ccccc2)o1. The Hall–Kier alpha value is -3.41. The second-order valence-electron chi connectivity index (χ2n) is 5.05. The Morgan fingerprint density at radius 1 is 1.04 bits per heavy atom. The van der Waals surface area contributed by atoms with Crippen LogP contribution in [0.1, 0.15) is 11.3 Å². The number of hydrazone groups is 1. The molecule has 1 aromatic heterocycles. The lowest BCUT2D eigenvalue weighted by atomic mass is 10.1. The van der Waals surface area contributed by atoms with E-state index in [1.54, 1.807) is 36.5 Å². The van der Waals surface area contributed by atoms with Gasteiger partial charge in [0.05, 0.1) is 23.2 Å². The lowest BCUT2D eigenvalue weighted by Crippen LogP contribution is -2.04. The summed E-state index contributed by atoms with van der Waals surface area (Å²) >= 11 is 0. The Bertz CT molecular complexity index is 857. The van der Waals surface area contributed by atoms with E-state index in [1.165, 1.54) is 6.07 Å². The molecule has 0 spiro atoms. The molecule has 2 aromatic carbocycles. The lowest BCUT2D eigenvalue weighted by molar-refractivity contribution is -0.384. The summed E-state index contributed by atoms with van der Waals surface area (Å²) in [6, 6.07) is 19.8. The molecule has 0 aliphatic heterocycles. The van der Waals surface area contributed by atoms with Gasteiger partial charge in [-0.3, -0.25) is 10.1 Å². The number of benzene rings is 2. The highest BCUT2D eigenvalue weighted by atomic mass is 16.6. The first-order valence-corrected chi connectivity index (χ1v) is 7.37. The van der Waals surface area contributed by atoms with Crippen LogP contribution in [0, 0.1) is 10.1 Å². The van der Waals surface area contributed by atoms with Crippen LogP contribution in [0.3, 0.4) is 0 Å². The van der Waals surface area contributed by atoms with Gasteiger partial charge in [-0.05, 0) is 23.8 Å². The quantitative estimate of drug-likeness (QED) is 0.423. The largest absolute Gasteiger partial charge is 0.455 e. The van der Waals surface area contributed by atoms with E-state index < -0.39 is 4.92 Å². The van der Waals surface area contributed by atoms with E-state index in [9.17, 15) is 10.1 Å². The maximum absolute atomic E-state index is 11.1. The third-order valence-corrected chi connectivity index (χ3v) is 3.40. The summed E-state index contributed by atoms with van der Waals surface area (Å²) in [5.74, 6) is 0.954. The summed E-state index contributed by atoms with van der Waals surface area (Å²) in [6.07, 6.45) is 1.54. The molecule has 0 fully saturated rings. The van der Waals surface area contributed by atoms with Crippen molar-refractivity contribution in [1.82, 2.24) is 5.43 Å². The van der Waals surface area contributed by atoms with Gasteiger partial charge in [0.15, 0.2) is 0 Å². The average molecular weight is 321 g/mol. The number of furan rings is 1. The molecular formula is C18H15N3O3. The standard InChI is InChI=1S/C18H15N3O3/c22-21(23)17-9-5-4-8-16(17)18-11-10-15(24-18)13-20-19-12-14-6-2-1-3-7-14/h1-11,13,19H,12H2. The minimum absolute atomic E-state index is 0.0116. The highest BCUT2D eigenvalue weighted by Gasteiger charge is 2.16. The van der Waals surface area contributed by atoms with Crippen LogP contribution in [-0.2, 0) is 6.54 Å². The predicted octanol–water partition coefficient (Wildman–Crippen LogP) is 3.98. The van der Waals surface area contributed by atoms with Crippen LogP contribution < -0.4 is 5.43 Å². The summed E-state index contributed by atoms with van der Waals surface area (Å²) in [5.41, 5.74) is 4.51. The molecule has 3 aromatic rings. The zero-order valence-corrected chi connectivity index (χ0v) is 12.8. The fraction of sp³-hybridized carbons (Fsp3) is 0.0556. The summed E-state index contributed by atoms with van der Waals surface area (Å²) < 4.78 is 5.62. The van der Waals surface area contributed by atoms with Gasteiger partial charge in [-0.25, -0.2) is 0 Å². The first-order chi connectivity index (χ1) is 11.7. The molecule has 1 N–H and O–H groups in total. The highest BCUT2D eigenvalue weighted by molar-refractivity contribution is 5.78. The van der Waals surface area contributed by atoms with Crippen LogP contribution in [0.4, 0.5) is 5.69 Å². The second kappa shape index (κ2) is 7.23. The van der Waals surface area contributed by atoms with Crippen LogP contribution in [0.5, 0.6) is 0 Å². The lowest BCUT2D eigenvalue weighted by Gasteiger charge is -1.99. The molecule has 0 saturated heterocycles. The molecule has 0 atom stereocenters. The molecule has 0 amide bonds. The molecule has 3 rings (SSSR count). The van der Waals surface area contributed by atoms with Gasteiger partial charge in [0.25, 0.3) is 5.69 Å². The first kappa shape index (κ1) is 15.5. The van der Waals surface area contributed by atoms with Gasteiger partial charge in [0.1, 0.15) is 11.5 Å². The van der Waals surface area contributed by atoms with Gasteiger partial charge in [-0.15, -0.1) is 0 Å². The summed E-state index contributed by atoms with van der Waals surface area (Å²) in [6.45, 7) is 0.606. The molecule has 120 valence electrons. The maximum Gasteiger partial charge on any atom is 0.280 e. The fourth-order valence-corrected chi connectivity index (χ4v) is 2.25. The van der Waals surface area contributed by atoms with Crippen molar-refractivity contribution in [1.29, 1.82) is 0 Å². The maximum atomic E-state index is 11.1. The van der Waals surface area contributed by atoms with Crippen LogP contribution >= 0.6 is 0 Å². The normalized spacial score (nSPS) is 10.8. The van der Waals surface area contributed by atoms with Gasteiger partial charge < -0.3 is 9.84 Å². The van der Waals surface area contributed by atoms with Crippen molar-refractivity contribution >= 4 is 11.9 Å². The van der Waals surface area contributed by atoms with Crippen molar-refractivity contribution in [3.8, 4) is 11.3 Å². The Morgan fingerprint density at radius 2 is 1.79 bits per heavy atom. The number of rotatable bonds is 6. The molecule has 0 unspecified atom stereocenters. The van der Waals surface area contributed by atoms with E-state index in [1.807, 2.05) is 30.3 Å². The van der Waals surface area contributed by atoms with Crippen LogP contribution in [0.15, 0.2) is 76.2 Å². The number of nitro benzene ring substituents is 1. The predicted molar refractivity (Wildman–Crippen MR) is 91.7 cm³/mol. The van der Waals surface area contributed by atoms with E-state index in [2.05, 4.69) is 10.5 Å². The van der Waals surface area contributed by atoms with Crippen LogP contribution in [-0.4, -0.2) is 11.1 Å². The van der Waals surface area contributed by atoms with Gasteiger partial charge in [0, 0.05) is 6.07 Å². The van der Waals surface area contributed by atoms with Gasteiger partial charge in [0.2, 0.25) is 0 Å². The van der Waals surface area contributed by atoms with Gasteiger partial charge >= 0.3 is 0 Å². The molecule has 6 heteroatoms.